The molecule has 1 aromatic carbocycles. The molecule has 0 unspecified atom stereocenters. The van der Waals surface area contributed by atoms with Gasteiger partial charge in [0.25, 0.3) is 0 Å². The largest absolute Gasteiger partial charge is 0.497 e. The Kier molecular flexibility index (Phi) is 5.12. The van der Waals surface area contributed by atoms with Gasteiger partial charge in [-0.2, -0.15) is 0 Å². The minimum atomic E-state index is -3.80. The van der Waals surface area contributed by atoms with Gasteiger partial charge in [0.15, 0.2) is 9.84 Å². The number of halogens is 2. The highest BCUT2D eigenvalue weighted by atomic mass is 32.2. The summed E-state index contributed by atoms with van der Waals surface area (Å²) in [5.41, 5.74) is 5.66. The lowest BCUT2D eigenvalue weighted by Gasteiger charge is -2.40. The van der Waals surface area contributed by atoms with Crippen LogP contribution in [-0.4, -0.2) is 31.9 Å². The lowest BCUT2D eigenvalue weighted by molar-refractivity contribution is 0.302. The zero-order chi connectivity index (χ0) is 20.7. The molecule has 28 heavy (non-hydrogen) atoms. The van der Waals surface area contributed by atoms with E-state index >= 15 is 0 Å². The number of allylic oxidation sites excluding steroid dienone is 3. The van der Waals surface area contributed by atoms with Crippen LogP contribution in [0.3, 0.4) is 0 Å². The monoisotopic (exact) mass is 410 g/mol. The normalized spacial score (nSPS) is 29.5. The maximum atomic E-state index is 14.3. The Morgan fingerprint density at radius 1 is 1.29 bits per heavy atom. The SMILES string of the molecule is COC1=CCCC(C[C@@]2(C)C(N)=N[C@](C)(c3ccc(F)cc3F)CS2(=O)=O)=C1. The second kappa shape index (κ2) is 6.99. The topological polar surface area (TPSA) is 81.8 Å². The second-order valence-corrected chi connectivity index (χ2v) is 10.1. The highest BCUT2D eigenvalue weighted by Gasteiger charge is 2.52. The lowest BCUT2D eigenvalue weighted by Crippen LogP contribution is -2.56. The van der Waals surface area contributed by atoms with Crippen molar-refractivity contribution in [2.75, 3.05) is 12.9 Å². The molecule has 0 radical (unpaired) electrons. The van der Waals surface area contributed by atoms with Gasteiger partial charge in [0, 0.05) is 11.6 Å². The number of aliphatic imine (C=N–C) groups is 1. The molecule has 2 N–H and O–H groups in total. The smallest absolute Gasteiger partial charge is 0.165 e. The van der Waals surface area contributed by atoms with E-state index in [0.29, 0.717) is 12.2 Å². The van der Waals surface area contributed by atoms with Crippen LogP contribution in [0.15, 0.2) is 46.7 Å². The molecule has 1 heterocycles. The predicted octanol–water partition coefficient (Wildman–Crippen LogP) is 3.36. The van der Waals surface area contributed by atoms with Crippen LogP contribution in [0.4, 0.5) is 8.78 Å². The maximum absolute atomic E-state index is 14.3. The summed E-state index contributed by atoms with van der Waals surface area (Å²) >= 11 is 0. The van der Waals surface area contributed by atoms with Crippen molar-refractivity contribution in [2.45, 2.75) is 43.4 Å². The van der Waals surface area contributed by atoms with Gasteiger partial charge in [-0.25, -0.2) is 17.2 Å². The summed E-state index contributed by atoms with van der Waals surface area (Å²) in [6.07, 6.45) is 5.40. The Labute approximate surface area is 163 Å². The molecule has 3 rings (SSSR count). The van der Waals surface area contributed by atoms with Crippen molar-refractivity contribution in [1.82, 2.24) is 0 Å². The second-order valence-electron chi connectivity index (χ2n) is 7.71. The number of hydrogen-bond acceptors (Lipinski definition) is 5. The Morgan fingerprint density at radius 3 is 2.61 bits per heavy atom. The maximum Gasteiger partial charge on any atom is 0.165 e. The minimum Gasteiger partial charge on any atom is -0.497 e. The third-order valence-electron chi connectivity index (χ3n) is 5.54. The van der Waals surface area contributed by atoms with E-state index in [1.54, 1.807) is 14.0 Å². The summed E-state index contributed by atoms with van der Waals surface area (Å²) in [4.78, 5) is 4.41. The van der Waals surface area contributed by atoms with Crippen molar-refractivity contribution in [1.29, 1.82) is 0 Å². The molecule has 1 aliphatic carbocycles. The molecule has 1 aromatic rings. The van der Waals surface area contributed by atoms with Gasteiger partial charge in [-0.1, -0.05) is 11.6 Å². The third kappa shape index (κ3) is 3.45. The molecule has 1 aliphatic heterocycles. The molecule has 2 aliphatic rings. The first-order valence-corrected chi connectivity index (χ1v) is 10.6. The highest BCUT2D eigenvalue weighted by Crippen LogP contribution is 2.41. The summed E-state index contributed by atoms with van der Waals surface area (Å²) in [5, 5.41) is 0. The molecule has 0 aromatic heterocycles. The summed E-state index contributed by atoms with van der Waals surface area (Å²) in [6.45, 7) is 3.05. The van der Waals surface area contributed by atoms with Gasteiger partial charge < -0.3 is 10.5 Å². The number of nitrogens with two attached hydrogens (primary N) is 1. The average molecular weight is 410 g/mol. The highest BCUT2D eigenvalue weighted by molar-refractivity contribution is 7.93. The minimum absolute atomic E-state index is 0.00367. The zero-order valence-corrected chi connectivity index (χ0v) is 16.9. The van der Waals surface area contributed by atoms with Gasteiger partial charge in [0.05, 0.1) is 12.9 Å². The van der Waals surface area contributed by atoms with E-state index in [-0.39, 0.29) is 17.8 Å². The van der Waals surface area contributed by atoms with Gasteiger partial charge in [0.2, 0.25) is 0 Å². The number of sulfone groups is 1. The average Bonchev–Trinajstić information content (AvgIpc) is 2.59. The van der Waals surface area contributed by atoms with Gasteiger partial charge in [-0.05, 0) is 51.3 Å². The number of amidine groups is 1. The Bertz CT molecular complexity index is 1000. The van der Waals surface area contributed by atoms with E-state index in [4.69, 9.17) is 10.5 Å². The summed E-state index contributed by atoms with van der Waals surface area (Å²) in [7, 11) is -2.24. The molecule has 0 spiro atoms. The van der Waals surface area contributed by atoms with Gasteiger partial charge in [-0.3, -0.25) is 4.99 Å². The number of hydrogen-bond donors (Lipinski definition) is 1. The fourth-order valence-corrected chi connectivity index (χ4v) is 5.87. The van der Waals surface area contributed by atoms with E-state index in [2.05, 4.69) is 4.99 Å². The van der Waals surface area contributed by atoms with E-state index in [9.17, 15) is 17.2 Å². The number of ether oxygens (including phenoxy) is 1. The van der Waals surface area contributed by atoms with Crippen LogP contribution in [0.25, 0.3) is 0 Å². The van der Waals surface area contributed by atoms with E-state index in [0.717, 1.165) is 24.1 Å². The van der Waals surface area contributed by atoms with Crippen LogP contribution in [-0.2, 0) is 20.1 Å². The number of methoxy groups -OCH3 is 1. The van der Waals surface area contributed by atoms with Crippen LogP contribution >= 0.6 is 0 Å². The van der Waals surface area contributed by atoms with Crippen molar-refractivity contribution < 1.29 is 21.9 Å². The van der Waals surface area contributed by atoms with Crippen LogP contribution in [0.1, 0.15) is 38.7 Å². The molecule has 2 atom stereocenters. The van der Waals surface area contributed by atoms with Gasteiger partial charge in [0.1, 0.15) is 33.5 Å². The fourth-order valence-electron chi connectivity index (χ4n) is 3.82. The number of rotatable bonds is 4. The standard InChI is InChI=1S/C20H24F2N2O3S/c1-19(16-8-7-14(21)10-17(16)22)12-28(25,26)20(2,18(23)24-19)11-13-5-4-6-15(9-13)27-3/h6-10H,4-5,11-12H2,1-3H3,(H2,23,24)/t19-,20-/m0/s1. The molecule has 0 saturated heterocycles. The van der Waals surface area contributed by atoms with Crippen molar-refractivity contribution >= 4 is 15.7 Å². The van der Waals surface area contributed by atoms with Crippen LogP contribution in [0, 0.1) is 11.6 Å². The Hall–Kier alpha value is -2.22. The summed E-state index contributed by atoms with van der Waals surface area (Å²) < 4.78 is 58.0. The molecular weight excluding hydrogens is 386 g/mol. The molecule has 0 fully saturated rings. The van der Waals surface area contributed by atoms with E-state index in [1.807, 2.05) is 12.2 Å². The van der Waals surface area contributed by atoms with Crippen molar-refractivity contribution in [3.05, 3.63) is 58.9 Å². The van der Waals surface area contributed by atoms with Crippen molar-refractivity contribution in [2.24, 2.45) is 10.7 Å². The first kappa shape index (κ1) is 20.5. The molecule has 8 heteroatoms. The molecule has 5 nitrogen and oxygen atoms in total. The van der Waals surface area contributed by atoms with Gasteiger partial charge >= 0.3 is 0 Å². The molecule has 0 saturated carbocycles. The van der Waals surface area contributed by atoms with Crippen LogP contribution < -0.4 is 5.73 Å². The van der Waals surface area contributed by atoms with Crippen molar-refractivity contribution in [3.63, 3.8) is 0 Å². The van der Waals surface area contributed by atoms with E-state index < -0.39 is 37.5 Å². The lowest BCUT2D eigenvalue weighted by atomic mass is 9.90. The Balaban J connectivity index is 2.03. The van der Waals surface area contributed by atoms with Crippen LogP contribution in [0.5, 0.6) is 0 Å². The third-order valence-corrected chi connectivity index (χ3v) is 8.20. The van der Waals surface area contributed by atoms with E-state index in [1.165, 1.54) is 13.0 Å². The fraction of sp³-hybridized carbons (Fsp3) is 0.450. The molecular formula is C20H24F2N2O3S. The first-order valence-electron chi connectivity index (χ1n) is 8.98. The number of benzene rings is 1. The number of nitrogens with zero attached hydrogens (tertiary/aromatic N) is 1. The molecule has 0 amide bonds. The summed E-state index contributed by atoms with van der Waals surface area (Å²) in [5.74, 6) is -1.38. The van der Waals surface area contributed by atoms with Crippen LogP contribution in [0.2, 0.25) is 0 Å². The molecule has 0 bridgehead atoms. The summed E-state index contributed by atoms with van der Waals surface area (Å²) in [6, 6.07) is 3.03. The Morgan fingerprint density at radius 2 is 2.00 bits per heavy atom. The quantitative estimate of drug-likeness (QED) is 0.825. The van der Waals surface area contributed by atoms with Gasteiger partial charge in [-0.15, -0.1) is 0 Å². The molecule has 152 valence electrons. The predicted molar refractivity (Wildman–Crippen MR) is 105 cm³/mol. The van der Waals surface area contributed by atoms with Crippen molar-refractivity contribution in [3.8, 4) is 0 Å². The first-order chi connectivity index (χ1) is 13.0. The zero-order valence-electron chi connectivity index (χ0n) is 16.1.